The number of rotatable bonds is 5. The first-order chi connectivity index (χ1) is 12.9. The fourth-order valence-electron chi connectivity index (χ4n) is 3.55. The molecule has 1 saturated carbocycles. The Labute approximate surface area is 158 Å². The molecule has 1 aromatic heterocycles. The van der Waals surface area contributed by atoms with E-state index in [9.17, 15) is 13.2 Å². The number of piperidine rings is 1. The molecule has 2 fully saturated rings. The van der Waals surface area contributed by atoms with Crippen molar-refractivity contribution in [3.8, 4) is 5.69 Å². The Morgan fingerprint density at radius 1 is 1.19 bits per heavy atom. The maximum atomic E-state index is 12.9. The van der Waals surface area contributed by atoms with Gasteiger partial charge in [0, 0.05) is 25.0 Å². The summed E-state index contributed by atoms with van der Waals surface area (Å²) in [6, 6.07) is 9.45. The molecular formula is C18H23N5O3S. The van der Waals surface area contributed by atoms with E-state index in [1.54, 1.807) is 4.68 Å². The number of nitrogens with one attached hydrogen (secondary N) is 1. The van der Waals surface area contributed by atoms with Gasteiger partial charge in [-0.3, -0.25) is 4.79 Å². The summed E-state index contributed by atoms with van der Waals surface area (Å²) in [5, 5.41) is 11.3. The Balaban J connectivity index is 1.55. The molecule has 8 nitrogen and oxygen atoms in total. The lowest BCUT2D eigenvalue weighted by Crippen LogP contribution is -2.49. The van der Waals surface area contributed by atoms with E-state index in [-0.39, 0.29) is 11.9 Å². The molecule has 1 aliphatic carbocycles. The van der Waals surface area contributed by atoms with Crippen molar-refractivity contribution in [2.24, 2.45) is 0 Å². The number of hydrogen-bond donors (Lipinski definition) is 1. The molecule has 27 heavy (non-hydrogen) atoms. The average Bonchev–Trinajstić information content (AvgIpc) is 3.39. The zero-order valence-corrected chi connectivity index (χ0v) is 16.0. The molecule has 0 spiro atoms. The van der Waals surface area contributed by atoms with Gasteiger partial charge in [-0.05, 0) is 37.8 Å². The summed E-state index contributed by atoms with van der Waals surface area (Å²) < 4.78 is 26.7. The number of aromatic nitrogens is 3. The predicted molar refractivity (Wildman–Crippen MR) is 100 cm³/mol. The van der Waals surface area contributed by atoms with Crippen molar-refractivity contribution in [1.29, 1.82) is 0 Å². The molecular weight excluding hydrogens is 366 g/mol. The molecule has 1 aliphatic heterocycles. The van der Waals surface area contributed by atoms with Crippen LogP contribution in [-0.4, -0.2) is 59.0 Å². The molecule has 144 valence electrons. The third-order valence-corrected chi connectivity index (χ3v) is 6.34. The molecule has 1 atom stereocenters. The third-order valence-electron chi connectivity index (χ3n) is 5.07. The third kappa shape index (κ3) is 3.89. The van der Waals surface area contributed by atoms with Gasteiger partial charge in [0.25, 0.3) is 5.91 Å². The second-order valence-corrected chi connectivity index (χ2v) is 9.26. The van der Waals surface area contributed by atoms with Crippen molar-refractivity contribution in [1.82, 2.24) is 24.6 Å². The van der Waals surface area contributed by atoms with Gasteiger partial charge in [0.1, 0.15) is 0 Å². The highest BCUT2D eigenvalue weighted by molar-refractivity contribution is 7.88. The van der Waals surface area contributed by atoms with Crippen molar-refractivity contribution in [3.63, 3.8) is 0 Å². The van der Waals surface area contributed by atoms with Crippen molar-refractivity contribution in [2.45, 2.75) is 37.6 Å². The molecule has 2 heterocycles. The second-order valence-electron chi connectivity index (χ2n) is 7.28. The average molecular weight is 389 g/mol. The fourth-order valence-corrected chi connectivity index (χ4v) is 4.46. The monoisotopic (exact) mass is 389 g/mol. The largest absolute Gasteiger partial charge is 0.347 e. The summed E-state index contributed by atoms with van der Waals surface area (Å²) in [5.41, 5.74) is 2.07. The first-order valence-electron chi connectivity index (χ1n) is 9.20. The van der Waals surface area contributed by atoms with Crippen molar-refractivity contribution >= 4 is 15.9 Å². The van der Waals surface area contributed by atoms with Crippen LogP contribution in [0.1, 0.15) is 47.8 Å². The van der Waals surface area contributed by atoms with Gasteiger partial charge < -0.3 is 5.32 Å². The highest BCUT2D eigenvalue weighted by Crippen LogP contribution is 2.42. The van der Waals surface area contributed by atoms with E-state index < -0.39 is 10.0 Å². The van der Waals surface area contributed by atoms with Crippen LogP contribution in [0.4, 0.5) is 0 Å². The molecule has 9 heteroatoms. The summed E-state index contributed by atoms with van der Waals surface area (Å²) in [7, 11) is -3.25. The van der Waals surface area contributed by atoms with E-state index in [4.69, 9.17) is 0 Å². The molecule has 4 rings (SSSR count). The summed E-state index contributed by atoms with van der Waals surface area (Å²) in [6.07, 6.45) is 4.72. The molecule has 0 radical (unpaired) electrons. The van der Waals surface area contributed by atoms with Crippen LogP contribution in [0.3, 0.4) is 0 Å². The molecule has 2 aliphatic rings. The Hall–Kier alpha value is -2.26. The van der Waals surface area contributed by atoms with Crippen molar-refractivity contribution in [3.05, 3.63) is 41.7 Å². The Bertz CT molecular complexity index is 937. The highest BCUT2D eigenvalue weighted by atomic mass is 32.2. The molecule has 1 saturated heterocycles. The van der Waals surface area contributed by atoms with E-state index in [2.05, 4.69) is 15.6 Å². The number of carbonyl (C=O) groups excluding carboxylic acids is 1. The summed E-state index contributed by atoms with van der Waals surface area (Å²) in [6.45, 7) is 0.804. The van der Waals surface area contributed by atoms with Gasteiger partial charge in [-0.25, -0.2) is 17.4 Å². The van der Waals surface area contributed by atoms with Gasteiger partial charge in [-0.15, -0.1) is 5.10 Å². The Morgan fingerprint density at radius 3 is 2.59 bits per heavy atom. The molecule has 1 N–H and O–H groups in total. The van der Waals surface area contributed by atoms with Gasteiger partial charge in [0.15, 0.2) is 5.69 Å². The van der Waals surface area contributed by atoms with Crippen LogP contribution in [0.15, 0.2) is 30.3 Å². The lowest BCUT2D eigenvalue weighted by Gasteiger charge is -2.31. The topological polar surface area (TPSA) is 97.2 Å². The molecule has 1 aromatic carbocycles. The maximum absolute atomic E-state index is 12.9. The fraction of sp³-hybridized carbons (Fsp3) is 0.500. The summed E-state index contributed by atoms with van der Waals surface area (Å²) in [5.74, 6) is 0.0132. The van der Waals surface area contributed by atoms with E-state index >= 15 is 0 Å². The number of nitrogens with zero attached hydrogens (tertiary/aromatic N) is 4. The minimum absolute atomic E-state index is 0.213. The maximum Gasteiger partial charge on any atom is 0.274 e. The van der Waals surface area contributed by atoms with Gasteiger partial charge in [0.05, 0.1) is 17.6 Å². The van der Waals surface area contributed by atoms with E-state index in [0.717, 1.165) is 37.1 Å². The number of benzene rings is 1. The first-order valence-corrected chi connectivity index (χ1v) is 11.1. The smallest absolute Gasteiger partial charge is 0.274 e. The van der Waals surface area contributed by atoms with Gasteiger partial charge >= 0.3 is 0 Å². The molecule has 2 aromatic rings. The summed E-state index contributed by atoms with van der Waals surface area (Å²) >= 11 is 0. The predicted octanol–water partition coefficient (Wildman–Crippen LogP) is 1.30. The number of hydrogen-bond acceptors (Lipinski definition) is 5. The standard InChI is InChI=1S/C18H23N5O3S/c1-27(25,26)22-11-5-6-14(12-22)19-18(24)16-17(13-9-10-13)23(21-20-16)15-7-3-2-4-8-15/h2-4,7-8,13-14H,5-6,9-12H2,1H3,(H,19,24). The summed E-state index contributed by atoms with van der Waals surface area (Å²) in [4.78, 5) is 12.9. The number of carbonyl (C=O) groups is 1. The highest BCUT2D eigenvalue weighted by Gasteiger charge is 2.35. The van der Waals surface area contributed by atoms with Crippen LogP contribution < -0.4 is 5.32 Å². The lowest BCUT2D eigenvalue weighted by atomic mass is 10.1. The zero-order valence-electron chi connectivity index (χ0n) is 15.2. The first kappa shape index (κ1) is 18.1. The van der Waals surface area contributed by atoms with Gasteiger partial charge in [0.2, 0.25) is 10.0 Å². The Morgan fingerprint density at radius 2 is 1.93 bits per heavy atom. The van der Waals surface area contributed by atoms with Gasteiger partial charge in [-0.2, -0.15) is 0 Å². The van der Waals surface area contributed by atoms with E-state index in [0.29, 0.717) is 24.7 Å². The van der Waals surface area contributed by atoms with Crippen LogP contribution in [0, 0.1) is 0 Å². The Kier molecular flexibility index (Phi) is 4.73. The van der Waals surface area contributed by atoms with Crippen LogP contribution >= 0.6 is 0 Å². The lowest BCUT2D eigenvalue weighted by molar-refractivity contribution is 0.0915. The number of para-hydroxylation sites is 1. The quantitative estimate of drug-likeness (QED) is 0.831. The molecule has 0 bridgehead atoms. The van der Waals surface area contributed by atoms with E-state index in [1.807, 2.05) is 30.3 Å². The van der Waals surface area contributed by atoms with Crippen molar-refractivity contribution < 1.29 is 13.2 Å². The number of sulfonamides is 1. The minimum Gasteiger partial charge on any atom is -0.347 e. The van der Waals surface area contributed by atoms with Crippen LogP contribution in [0.2, 0.25) is 0 Å². The molecule has 1 unspecified atom stereocenters. The van der Waals surface area contributed by atoms with Gasteiger partial charge in [-0.1, -0.05) is 23.4 Å². The minimum atomic E-state index is -3.25. The molecule has 1 amide bonds. The second kappa shape index (κ2) is 7.05. The van der Waals surface area contributed by atoms with Crippen LogP contribution in [0.5, 0.6) is 0 Å². The normalized spacial score (nSPS) is 21.1. The number of amides is 1. The van der Waals surface area contributed by atoms with Crippen LogP contribution in [0.25, 0.3) is 5.69 Å². The van der Waals surface area contributed by atoms with E-state index in [1.165, 1.54) is 10.6 Å². The zero-order chi connectivity index (χ0) is 19.0. The SMILES string of the molecule is CS(=O)(=O)N1CCCC(NC(=O)c2nnn(-c3ccccc3)c2C2CC2)C1. The van der Waals surface area contributed by atoms with Crippen molar-refractivity contribution in [2.75, 3.05) is 19.3 Å². The van der Waals surface area contributed by atoms with Crippen LogP contribution in [-0.2, 0) is 10.0 Å².